The van der Waals surface area contributed by atoms with E-state index in [1.807, 2.05) is 6.07 Å². The summed E-state index contributed by atoms with van der Waals surface area (Å²) in [4.78, 5) is 0. The largest absolute Gasteiger partial charge is 0.393 e. The molecule has 0 saturated heterocycles. The van der Waals surface area contributed by atoms with Crippen molar-refractivity contribution in [2.75, 3.05) is 0 Å². The number of aliphatic hydroxyl groups excluding tert-OH is 1. The highest BCUT2D eigenvalue weighted by Crippen LogP contribution is 2.30. The van der Waals surface area contributed by atoms with E-state index in [1.54, 1.807) is 11.3 Å². The van der Waals surface area contributed by atoms with E-state index in [2.05, 4.69) is 5.38 Å². The van der Waals surface area contributed by atoms with Gasteiger partial charge >= 0.3 is 0 Å². The van der Waals surface area contributed by atoms with Crippen molar-refractivity contribution in [2.45, 2.75) is 31.8 Å². The molecule has 1 fully saturated rings. The first-order chi connectivity index (χ1) is 6.25. The second-order valence-corrected chi connectivity index (χ2v) is 5.26. The first kappa shape index (κ1) is 9.50. The van der Waals surface area contributed by atoms with Crippen LogP contribution < -0.4 is 0 Å². The normalized spacial score (nSPS) is 28.2. The van der Waals surface area contributed by atoms with Crippen molar-refractivity contribution in [1.29, 1.82) is 0 Å². The van der Waals surface area contributed by atoms with Crippen molar-refractivity contribution in [3.8, 4) is 0 Å². The molecule has 0 aliphatic heterocycles. The van der Waals surface area contributed by atoms with E-state index in [1.165, 1.54) is 12.0 Å². The van der Waals surface area contributed by atoms with E-state index in [0.29, 0.717) is 5.92 Å². The lowest BCUT2D eigenvalue weighted by Gasteiger charge is -2.12. The van der Waals surface area contributed by atoms with E-state index in [-0.39, 0.29) is 6.10 Å². The highest BCUT2D eigenvalue weighted by atomic mass is 35.5. The van der Waals surface area contributed by atoms with Gasteiger partial charge < -0.3 is 5.11 Å². The van der Waals surface area contributed by atoms with Crippen LogP contribution in [0.4, 0.5) is 0 Å². The predicted octanol–water partition coefficient (Wildman–Crippen LogP) is 3.11. The van der Waals surface area contributed by atoms with Gasteiger partial charge in [0, 0.05) is 0 Å². The van der Waals surface area contributed by atoms with Gasteiger partial charge in [-0.1, -0.05) is 18.0 Å². The maximum Gasteiger partial charge on any atom is 0.0931 e. The summed E-state index contributed by atoms with van der Waals surface area (Å²) in [5, 5.41) is 11.7. The summed E-state index contributed by atoms with van der Waals surface area (Å²) in [6.45, 7) is 0. The third kappa shape index (κ3) is 2.25. The van der Waals surface area contributed by atoms with Crippen LogP contribution in [-0.4, -0.2) is 11.2 Å². The molecule has 0 aromatic carbocycles. The monoisotopic (exact) mass is 216 g/mol. The lowest BCUT2D eigenvalue weighted by molar-refractivity contribution is 0.133. The molecule has 3 heteroatoms. The lowest BCUT2D eigenvalue weighted by atomic mass is 9.98. The van der Waals surface area contributed by atoms with Gasteiger partial charge in [0.05, 0.1) is 10.4 Å². The molecule has 2 atom stereocenters. The number of hydrogen-bond donors (Lipinski definition) is 1. The Balaban J connectivity index is 1.97. The molecule has 2 unspecified atom stereocenters. The van der Waals surface area contributed by atoms with Crippen LogP contribution >= 0.6 is 22.9 Å². The molecule has 1 aliphatic rings. The fraction of sp³-hybridized carbons (Fsp3) is 0.600. The van der Waals surface area contributed by atoms with Crippen LogP contribution in [0.25, 0.3) is 0 Å². The second-order valence-electron chi connectivity index (χ2n) is 3.72. The molecule has 1 nitrogen and oxygen atoms in total. The molecule has 0 bridgehead atoms. The van der Waals surface area contributed by atoms with Gasteiger partial charge in [-0.2, -0.15) is 0 Å². The van der Waals surface area contributed by atoms with Crippen molar-refractivity contribution in [3.63, 3.8) is 0 Å². The summed E-state index contributed by atoms with van der Waals surface area (Å²) in [5.41, 5.74) is 1.28. The summed E-state index contributed by atoms with van der Waals surface area (Å²) in [5.74, 6) is 0.464. The number of halogens is 1. The maximum absolute atomic E-state index is 9.63. The average Bonchev–Trinajstić information content (AvgIpc) is 2.64. The van der Waals surface area contributed by atoms with Gasteiger partial charge in [-0.05, 0) is 42.2 Å². The molecule has 0 spiro atoms. The van der Waals surface area contributed by atoms with Gasteiger partial charge in [-0.25, -0.2) is 0 Å². The molecule has 1 aromatic rings. The quantitative estimate of drug-likeness (QED) is 0.806. The average molecular weight is 217 g/mol. The number of aliphatic hydroxyl groups is 1. The van der Waals surface area contributed by atoms with Crippen LogP contribution in [-0.2, 0) is 6.42 Å². The zero-order chi connectivity index (χ0) is 9.26. The van der Waals surface area contributed by atoms with Crippen molar-refractivity contribution in [2.24, 2.45) is 5.92 Å². The Kier molecular flexibility index (Phi) is 2.92. The van der Waals surface area contributed by atoms with E-state index < -0.39 is 0 Å². The van der Waals surface area contributed by atoms with Crippen LogP contribution in [0.1, 0.15) is 24.8 Å². The van der Waals surface area contributed by atoms with Gasteiger partial charge in [-0.15, -0.1) is 11.3 Å². The minimum absolute atomic E-state index is 0.0846. The minimum atomic E-state index is -0.0846. The van der Waals surface area contributed by atoms with E-state index in [9.17, 15) is 5.11 Å². The van der Waals surface area contributed by atoms with Crippen LogP contribution in [0.2, 0.25) is 4.34 Å². The Hall–Kier alpha value is -0.0500. The van der Waals surface area contributed by atoms with E-state index >= 15 is 0 Å². The van der Waals surface area contributed by atoms with Crippen LogP contribution in [0.3, 0.4) is 0 Å². The van der Waals surface area contributed by atoms with Gasteiger partial charge in [-0.3, -0.25) is 0 Å². The summed E-state index contributed by atoms with van der Waals surface area (Å²) >= 11 is 7.41. The smallest absolute Gasteiger partial charge is 0.0931 e. The van der Waals surface area contributed by atoms with Crippen molar-refractivity contribution in [1.82, 2.24) is 0 Å². The highest BCUT2D eigenvalue weighted by molar-refractivity contribution is 7.14. The van der Waals surface area contributed by atoms with Crippen LogP contribution in [0.5, 0.6) is 0 Å². The molecule has 1 aromatic heterocycles. The standard InChI is InChI=1S/C10H13ClOS/c11-10-5-7(6-13-10)4-8-2-1-3-9(8)12/h5-6,8-9,12H,1-4H2. The Bertz CT molecular complexity index is 284. The number of thiophene rings is 1. The third-order valence-electron chi connectivity index (χ3n) is 2.74. The molecule has 13 heavy (non-hydrogen) atoms. The molecule has 2 rings (SSSR count). The topological polar surface area (TPSA) is 20.2 Å². The van der Waals surface area contributed by atoms with E-state index in [4.69, 9.17) is 11.6 Å². The summed E-state index contributed by atoms with van der Waals surface area (Å²) in [7, 11) is 0. The SMILES string of the molecule is OC1CCCC1Cc1csc(Cl)c1. The van der Waals surface area contributed by atoms with Gasteiger partial charge in [0.15, 0.2) is 0 Å². The van der Waals surface area contributed by atoms with Crippen LogP contribution in [0.15, 0.2) is 11.4 Å². The highest BCUT2D eigenvalue weighted by Gasteiger charge is 2.25. The fourth-order valence-corrected chi connectivity index (χ4v) is 2.93. The second kappa shape index (κ2) is 3.99. The summed E-state index contributed by atoms with van der Waals surface area (Å²) < 4.78 is 0.850. The molecule has 1 aliphatic carbocycles. The molecule has 1 N–H and O–H groups in total. The molecular weight excluding hydrogens is 204 g/mol. The lowest BCUT2D eigenvalue weighted by Crippen LogP contribution is -2.14. The fourth-order valence-electron chi connectivity index (χ4n) is 2.01. The Labute approximate surface area is 87.4 Å². The molecule has 0 radical (unpaired) electrons. The third-order valence-corrected chi connectivity index (χ3v) is 3.88. The van der Waals surface area contributed by atoms with Crippen molar-refractivity contribution < 1.29 is 5.11 Å². The first-order valence-corrected chi connectivity index (χ1v) is 5.92. The van der Waals surface area contributed by atoms with Gasteiger partial charge in [0.25, 0.3) is 0 Å². The van der Waals surface area contributed by atoms with Crippen LogP contribution in [0, 0.1) is 5.92 Å². The number of rotatable bonds is 2. The summed E-state index contributed by atoms with van der Waals surface area (Å²) in [6, 6.07) is 2.01. The zero-order valence-electron chi connectivity index (χ0n) is 7.37. The predicted molar refractivity (Wildman–Crippen MR) is 56.4 cm³/mol. The summed E-state index contributed by atoms with van der Waals surface area (Å²) in [6.07, 6.45) is 4.21. The maximum atomic E-state index is 9.63. The van der Waals surface area contributed by atoms with Crippen molar-refractivity contribution in [3.05, 3.63) is 21.3 Å². The first-order valence-electron chi connectivity index (χ1n) is 4.66. The Morgan fingerprint density at radius 3 is 2.92 bits per heavy atom. The van der Waals surface area contributed by atoms with Gasteiger partial charge in [0.1, 0.15) is 0 Å². The minimum Gasteiger partial charge on any atom is -0.393 e. The molecule has 72 valence electrons. The molecular formula is C10H13ClOS. The van der Waals surface area contributed by atoms with Gasteiger partial charge in [0.2, 0.25) is 0 Å². The Morgan fingerprint density at radius 1 is 1.54 bits per heavy atom. The number of hydrogen-bond acceptors (Lipinski definition) is 2. The Morgan fingerprint density at radius 2 is 2.38 bits per heavy atom. The van der Waals surface area contributed by atoms with Crippen molar-refractivity contribution >= 4 is 22.9 Å². The molecule has 1 saturated carbocycles. The zero-order valence-corrected chi connectivity index (χ0v) is 8.94. The molecule has 1 heterocycles. The molecule has 0 amide bonds. The van der Waals surface area contributed by atoms with E-state index in [0.717, 1.165) is 23.6 Å².